The molecule has 0 radical (unpaired) electrons. The molecule has 0 spiro atoms. The minimum Gasteiger partial charge on any atom is -0.396 e. The van der Waals surface area contributed by atoms with E-state index >= 15 is 0 Å². The topological polar surface area (TPSA) is 64.9 Å². The molecule has 0 aliphatic carbocycles. The summed E-state index contributed by atoms with van der Waals surface area (Å²) in [5, 5.41) is 0.330. The SMILES string of the molecule is Br.Br.Nc1nc(Cl)c(Cl)c(N)c1Cl. The first-order valence-electron chi connectivity index (χ1n) is 2.59. The molecule has 3 nitrogen and oxygen atoms in total. The highest BCUT2D eigenvalue weighted by Gasteiger charge is 2.10. The van der Waals surface area contributed by atoms with Crippen molar-refractivity contribution in [1.82, 2.24) is 4.98 Å². The number of aromatic nitrogens is 1. The van der Waals surface area contributed by atoms with Crippen molar-refractivity contribution in [3.63, 3.8) is 0 Å². The van der Waals surface area contributed by atoms with Gasteiger partial charge < -0.3 is 11.5 Å². The number of anilines is 2. The van der Waals surface area contributed by atoms with Crippen LogP contribution in [0.25, 0.3) is 0 Å². The smallest absolute Gasteiger partial charge is 0.152 e. The second-order valence-corrected chi connectivity index (χ2v) is 2.94. The summed E-state index contributed by atoms with van der Waals surface area (Å²) >= 11 is 16.7. The van der Waals surface area contributed by atoms with Crippen molar-refractivity contribution in [3.8, 4) is 0 Å². The maximum atomic E-state index is 5.60. The van der Waals surface area contributed by atoms with Crippen LogP contribution in [0.1, 0.15) is 0 Å². The summed E-state index contributed by atoms with van der Waals surface area (Å²) < 4.78 is 0. The Labute approximate surface area is 111 Å². The Bertz CT molecular complexity index is 281. The van der Waals surface area contributed by atoms with Gasteiger partial charge in [0.05, 0.1) is 5.69 Å². The van der Waals surface area contributed by atoms with Crippen molar-refractivity contribution >= 4 is 80.3 Å². The third kappa shape index (κ3) is 3.32. The van der Waals surface area contributed by atoms with E-state index in [0.717, 1.165) is 0 Å². The zero-order chi connectivity index (χ0) is 8.59. The molecular weight excluding hydrogens is 368 g/mol. The Morgan fingerprint density at radius 1 is 0.923 bits per heavy atom. The molecule has 0 saturated carbocycles. The quantitative estimate of drug-likeness (QED) is 0.685. The molecule has 1 heterocycles. The van der Waals surface area contributed by atoms with Crippen molar-refractivity contribution in [2.24, 2.45) is 0 Å². The fourth-order valence-electron chi connectivity index (χ4n) is 0.549. The van der Waals surface area contributed by atoms with E-state index in [1.54, 1.807) is 0 Å². The van der Waals surface area contributed by atoms with Gasteiger partial charge in [0.2, 0.25) is 0 Å². The first-order valence-corrected chi connectivity index (χ1v) is 3.73. The predicted molar refractivity (Wildman–Crippen MR) is 68.7 cm³/mol. The molecule has 0 aliphatic rings. The van der Waals surface area contributed by atoms with Crippen LogP contribution in [0.2, 0.25) is 15.2 Å². The molecule has 0 aliphatic heterocycles. The summed E-state index contributed by atoms with van der Waals surface area (Å²) in [7, 11) is 0. The van der Waals surface area contributed by atoms with Crippen LogP contribution >= 0.6 is 68.8 Å². The Kier molecular flexibility index (Phi) is 7.57. The summed E-state index contributed by atoms with van der Waals surface area (Å²) in [5.74, 6) is 0.0820. The molecule has 1 rings (SSSR count). The zero-order valence-corrected chi connectivity index (χ0v) is 11.7. The number of hydrogen-bond acceptors (Lipinski definition) is 3. The summed E-state index contributed by atoms with van der Waals surface area (Å²) in [4.78, 5) is 3.63. The molecule has 8 heteroatoms. The summed E-state index contributed by atoms with van der Waals surface area (Å²) in [5.41, 5.74) is 10.9. The van der Waals surface area contributed by atoms with Gasteiger partial charge in [-0.25, -0.2) is 4.98 Å². The lowest BCUT2D eigenvalue weighted by Gasteiger charge is -2.04. The van der Waals surface area contributed by atoms with Crippen LogP contribution in [0, 0.1) is 0 Å². The van der Waals surface area contributed by atoms with Gasteiger partial charge in [-0.05, 0) is 0 Å². The van der Waals surface area contributed by atoms with Gasteiger partial charge in [0.25, 0.3) is 0 Å². The van der Waals surface area contributed by atoms with Crippen molar-refractivity contribution in [1.29, 1.82) is 0 Å². The molecule has 76 valence electrons. The third-order valence-electron chi connectivity index (χ3n) is 1.10. The molecule has 0 unspecified atom stereocenters. The highest BCUT2D eigenvalue weighted by Crippen LogP contribution is 2.35. The lowest BCUT2D eigenvalue weighted by molar-refractivity contribution is 1.34. The van der Waals surface area contributed by atoms with Crippen LogP contribution < -0.4 is 11.5 Å². The van der Waals surface area contributed by atoms with Gasteiger partial charge in [-0.15, -0.1) is 34.0 Å². The van der Waals surface area contributed by atoms with Crippen molar-refractivity contribution < 1.29 is 0 Å². The van der Waals surface area contributed by atoms with Gasteiger partial charge in [-0.3, -0.25) is 0 Å². The molecule has 0 fully saturated rings. The standard InChI is InChI=1S/C5H4Cl3N3.2BrH/c6-1-3(9)2(7)5(10)11-4(1)8;;/h(H4,9,10,11);2*1H. The number of nitrogens with zero attached hydrogens (tertiary/aromatic N) is 1. The largest absolute Gasteiger partial charge is 0.396 e. The van der Waals surface area contributed by atoms with Gasteiger partial charge in [0.15, 0.2) is 5.15 Å². The molecule has 1 aromatic rings. The molecule has 1 aromatic heterocycles. The highest BCUT2D eigenvalue weighted by atomic mass is 79.9. The predicted octanol–water partition coefficient (Wildman–Crippen LogP) is 3.36. The molecule has 0 amide bonds. The maximum Gasteiger partial charge on any atom is 0.152 e. The number of hydrogen-bond donors (Lipinski definition) is 2. The van der Waals surface area contributed by atoms with E-state index in [4.69, 9.17) is 46.3 Å². The highest BCUT2D eigenvalue weighted by molar-refractivity contribution is 8.93. The van der Waals surface area contributed by atoms with Gasteiger partial charge in [0.1, 0.15) is 15.9 Å². The second kappa shape index (κ2) is 6.14. The van der Waals surface area contributed by atoms with Crippen LogP contribution in [0.3, 0.4) is 0 Å². The van der Waals surface area contributed by atoms with Gasteiger partial charge >= 0.3 is 0 Å². The first kappa shape index (κ1) is 16.0. The Morgan fingerprint density at radius 3 is 1.85 bits per heavy atom. The summed E-state index contributed by atoms with van der Waals surface area (Å²) in [6.07, 6.45) is 0. The number of nitrogen functional groups attached to an aromatic ring is 2. The first-order chi connectivity index (χ1) is 5.04. The Hall–Kier alpha value is 0.580. The van der Waals surface area contributed by atoms with Gasteiger partial charge in [-0.1, -0.05) is 34.8 Å². The van der Waals surface area contributed by atoms with Crippen LogP contribution in [0.4, 0.5) is 11.5 Å². The lowest BCUT2D eigenvalue weighted by Crippen LogP contribution is -1.97. The maximum absolute atomic E-state index is 5.60. The third-order valence-corrected chi connectivity index (χ3v) is 2.25. The van der Waals surface area contributed by atoms with E-state index in [9.17, 15) is 0 Å². The Balaban J connectivity index is 0. The lowest BCUT2D eigenvalue weighted by atomic mass is 10.4. The van der Waals surface area contributed by atoms with E-state index in [-0.39, 0.29) is 60.7 Å². The molecule has 0 bridgehead atoms. The van der Waals surface area contributed by atoms with E-state index in [1.165, 1.54) is 0 Å². The van der Waals surface area contributed by atoms with Crippen molar-refractivity contribution in [3.05, 3.63) is 15.2 Å². The molecule has 0 saturated heterocycles. The normalized spacial score (nSPS) is 8.54. The molecule has 0 aromatic carbocycles. The van der Waals surface area contributed by atoms with E-state index in [1.807, 2.05) is 0 Å². The molecular formula is C5H6Br2Cl3N3. The average molecular weight is 374 g/mol. The molecule has 0 atom stereocenters. The van der Waals surface area contributed by atoms with E-state index < -0.39 is 0 Å². The Morgan fingerprint density at radius 2 is 1.38 bits per heavy atom. The van der Waals surface area contributed by atoms with Crippen LogP contribution in [-0.4, -0.2) is 4.98 Å². The average Bonchev–Trinajstić information content (AvgIpc) is 1.97. The van der Waals surface area contributed by atoms with Crippen LogP contribution in [0.15, 0.2) is 0 Å². The number of pyridine rings is 1. The fraction of sp³-hybridized carbons (Fsp3) is 0. The van der Waals surface area contributed by atoms with Crippen LogP contribution in [0.5, 0.6) is 0 Å². The minimum atomic E-state index is 0. The van der Waals surface area contributed by atoms with Gasteiger partial charge in [0, 0.05) is 0 Å². The van der Waals surface area contributed by atoms with Crippen LogP contribution in [-0.2, 0) is 0 Å². The van der Waals surface area contributed by atoms with E-state index in [2.05, 4.69) is 4.98 Å². The summed E-state index contributed by atoms with van der Waals surface area (Å²) in [6, 6.07) is 0. The second-order valence-electron chi connectivity index (χ2n) is 1.83. The summed E-state index contributed by atoms with van der Waals surface area (Å²) in [6.45, 7) is 0. The number of nitrogens with two attached hydrogens (primary N) is 2. The van der Waals surface area contributed by atoms with Crippen molar-refractivity contribution in [2.45, 2.75) is 0 Å². The minimum absolute atomic E-state index is 0. The molecule has 13 heavy (non-hydrogen) atoms. The van der Waals surface area contributed by atoms with Crippen molar-refractivity contribution in [2.75, 3.05) is 11.5 Å². The monoisotopic (exact) mass is 371 g/mol. The fourth-order valence-corrected chi connectivity index (χ4v) is 1.06. The van der Waals surface area contributed by atoms with E-state index in [0.29, 0.717) is 0 Å². The van der Waals surface area contributed by atoms with Gasteiger partial charge in [-0.2, -0.15) is 0 Å². The zero-order valence-electron chi connectivity index (χ0n) is 6.05. The molecule has 4 N–H and O–H groups in total. The number of rotatable bonds is 0. The number of halogens is 5.